The standard InChI is InChI=1S/C14H21NO4S/c1-3-4-5-6-14(16)19-11(2)12-7-9-13(10-8-12)20(15,17)18/h7-11H,3-6H2,1-2H3,(H2,15,17,18). The molecule has 112 valence electrons. The molecule has 2 N–H and O–H groups in total. The third-order valence-electron chi connectivity index (χ3n) is 2.97. The molecule has 5 nitrogen and oxygen atoms in total. The fourth-order valence-corrected chi connectivity index (χ4v) is 2.29. The van der Waals surface area contributed by atoms with Crippen LogP contribution in [0.2, 0.25) is 0 Å². The number of benzene rings is 1. The molecule has 0 amide bonds. The van der Waals surface area contributed by atoms with Crippen molar-refractivity contribution >= 4 is 16.0 Å². The van der Waals surface area contributed by atoms with Crippen molar-refractivity contribution in [2.75, 3.05) is 0 Å². The van der Waals surface area contributed by atoms with Crippen LogP contribution in [0.4, 0.5) is 0 Å². The van der Waals surface area contributed by atoms with Crippen LogP contribution >= 0.6 is 0 Å². The van der Waals surface area contributed by atoms with E-state index in [0.717, 1.165) is 24.8 Å². The lowest BCUT2D eigenvalue weighted by Gasteiger charge is -2.14. The summed E-state index contributed by atoms with van der Waals surface area (Å²) in [4.78, 5) is 11.6. The highest BCUT2D eigenvalue weighted by Crippen LogP contribution is 2.19. The SMILES string of the molecule is CCCCCC(=O)OC(C)c1ccc(S(N)(=O)=O)cc1. The summed E-state index contributed by atoms with van der Waals surface area (Å²) in [5.74, 6) is -0.235. The first-order valence-corrected chi connectivity index (χ1v) is 8.21. The van der Waals surface area contributed by atoms with Crippen LogP contribution in [0.3, 0.4) is 0 Å². The van der Waals surface area contributed by atoms with E-state index < -0.39 is 16.1 Å². The molecule has 1 aromatic rings. The van der Waals surface area contributed by atoms with Crippen molar-refractivity contribution < 1.29 is 17.9 Å². The highest BCUT2D eigenvalue weighted by atomic mass is 32.2. The maximum atomic E-state index is 11.6. The summed E-state index contributed by atoms with van der Waals surface area (Å²) in [6.45, 7) is 3.82. The van der Waals surface area contributed by atoms with Gasteiger partial charge in [-0.25, -0.2) is 13.6 Å². The summed E-state index contributed by atoms with van der Waals surface area (Å²) in [6.07, 6.45) is 2.89. The fraction of sp³-hybridized carbons (Fsp3) is 0.500. The van der Waals surface area contributed by atoms with E-state index >= 15 is 0 Å². The smallest absolute Gasteiger partial charge is 0.306 e. The minimum Gasteiger partial charge on any atom is -0.458 e. The maximum Gasteiger partial charge on any atom is 0.306 e. The number of sulfonamides is 1. The number of unbranched alkanes of at least 4 members (excludes halogenated alkanes) is 2. The zero-order valence-corrected chi connectivity index (χ0v) is 12.7. The van der Waals surface area contributed by atoms with Gasteiger partial charge in [0.15, 0.2) is 0 Å². The number of primary sulfonamides is 1. The second-order valence-corrected chi connectivity index (χ2v) is 6.26. The molecule has 1 aromatic carbocycles. The van der Waals surface area contributed by atoms with E-state index in [1.807, 2.05) is 0 Å². The first-order valence-electron chi connectivity index (χ1n) is 6.67. The molecule has 0 spiro atoms. The number of esters is 1. The van der Waals surface area contributed by atoms with Gasteiger partial charge in [-0.1, -0.05) is 31.9 Å². The third kappa shape index (κ3) is 5.30. The Morgan fingerprint density at radius 3 is 2.35 bits per heavy atom. The minimum atomic E-state index is -3.69. The number of carbonyl (C=O) groups excluding carboxylic acids is 1. The Morgan fingerprint density at radius 2 is 1.85 bits per heavy atom. The van der Waals surface area contributed by atoms with E-state index in [0.29, 0.717) is 6.42 Å². The molecular formula is C14H21NO4S. The molecule has 0 aliphatic heterocycles. The van der Waals surface area contributed by atoms with Gasteiger partial charge in [0, 0.05) is 6.42 Å². The lowest BCUT2D eigenvalue weighted by molar-refractivity contribution is -0.148. The summed E-state index contributed by atoms with van der Waals surface area (Å²) >= 11 is 0. The number of ether oxygens (including phenoxy) is 1. The molecule has 0 heterocycles. The van der Waals surface area contributed by atoms with Crippen LogP contribution < -0.4 is 5.14 Å². The number of rotatable bonds is 7. The molecular weight excluding hydrogens is 278 g/mol. The Labute approximate surface area is 120 Å². The molecule has 6 heteroatoms. The van der Waals surface area contributed by atoms with E-state index in [-0.39, 0.29) is 10.9 Å². The summed E-state index contributed by atoms with van der Waals surface area (Å²) < 4.78 is 27.6. The highest BCUT2D eigenvalue weighted by molar-refractivity contribution is 7.89. The van der Waals surface area contributed by atoms with Gasteiger partial charge in [-0.15, -0.1) is 0 Å². The van der Waals surface area contributed by atoms with Gasteiger partial charge in [0.05, 0.1) is 4.90 Å². The highest BCUT2D eigenvalue weighted by Gasteiger charge is 2.13. The van der Waals surface area contributed by atoms with Crippen LogP contribution in [0.25, 0.3) is 0 Å². The van der Waals surface area contributed by atoms with Crippen LogP contribution in [0.1, 0.15) is 51.2 Å². The van der Waals surface area contributed by atoms with E-state index in [2.05, 4.69) is 6.92 Å². The molecule has 0 saturated heterocycles. The van der Waals surface area contributed by atoms with Crippen LogP contribution in [-0.4, -0.2) is 14.4 Å². The summed E-state index contributed by atoms with van der Waals surface area (Å²) in [5.41, 5.74) is 0.737. The quantitative estimate of drug-likeness (QED) is 0.619. The molecule has 0 aliphatic carbocycles. The van der Waals surface area contributed by atoms with Crippen molar-refractivity contribution in [1.29, 1.82) is 0 Å². The van der Waals surface area contributed by atoms with Crippen LogP contribution in [0.15, 0.2) is 29.2 Å². The molecule has 1 atom stereocenters. The van der Waals surface area contributed by atoms with E-state index in [4.69, 9.17) is 9.88 Å². The molecule has 0 radical (unpaired) electrons. The van der Waals surface area contributed by atoms with Gasteiger partial charge in [0.2, 0.25) is 10.0 Å². The first kappa shape index (κ1) is 16.7. The zero-order chi connectivity index (χ0) is 15.2. The van der Waals surface area contributed by atoms with Gasteiger partial charge < -0.3 is 4.74 Å². The monoisotopic (exact) mass is 299 g/mol. The molecule has 0 aromatic heterocycles. The molecule has 1 unspecified atom stereocenters. The Morgan fingerprint density at radius 1 is 1.25 bits per heavy atom. The lowest BCUT2D eigenvalue weighted by Crippen LogP contribution is -2.12. The van der Waals surface area contributed by atoms with E-state index in [1.165, 1.54) is 12.1 Å². The molecule has 0 fully saturated rings. The fourth-order valence-electron chi connectivity index (χ4n) is 1.77. The largest absolute Gasteiger partial charge is 0.458 e. The minimum absolute atomic E-state index is 0.0442. The van der Waals surface area contributed by atoms with E-state index in [9.17, 15) is 13.2 Å². The summed E-state index contributed by atoms with van der Waals surface area (Å²) in [6, 6.07) is 6.02. The van der Waals surface area contributed by atoms with Crippen LogP contribution in [-0.2, 0) is 19.6 Å². The Kier molecular flexibility index (Phi) is 6.16. The second kappa shape index (κ2) is 7.40. The van der Waals surface area contributed by atoms with Crippen LogP contribution in [0.5, 0.6) is 0 Å². The topological polar surface area (TPSA) is 86.5 Å². The zero-order valence-electron chi connectivity index (χ0n) is 11.8. The van der Waals surface area contributed by atoms with Gasteiger partial charge in [0.1, 0.15) is 6.10 Å². The number of carbonyl (C=O) groups is 1. The number of hydrogen-bond donors (Lipinski definition) is 1. The Balaban J connectivity index is 2.60. The van der Waals surface area contributed by atoms with Crippen molar-refractivity contribution in [3.63, 3.8) is 0 Å². The average molecular weight is 299 g/mol. The van der Waals surface area contributed by atoms with Crippen molar-refractivity contribution in [1.82, 2.24) is 0 Å². The second-order valence-electron chi connectivity index (χ2n) is 4.70. The molecule has 0 aliphatic rings. The maximum absolute atomic E-state index is 11.6. The summed E-state index contributed by atoms with van der Waals surface area (Å²) in [5, 5.41) is 5.02. The van der Waals surface area contributed by atoms with Gasteiger partial charge in [-0.05, 0) is 31.0 Å². The molecule has 20 heavy (non-hydrogen) atoms. The molecule has 0 bridgehead atoms. The lowest BCUT2D eigenvalue weighted by atomic mass is 10.1. The van der Waals surface area contributed by atoms with Crippen molar-refractivity contribution in [2.24, 2.45) is 5.14 Å². The third-order valence-corrected chi connectivity index (χ3v) is 3.90. The normalized spacial score (nSPS) is 12.9. The van der Waals surface area contributed by atoms with Crippen LogP contribution in [0, 0.1) is 0 Å². The molecule has 1 rings (SSSR count). The van der Waals surface area contributed by atoms with Crippen molar-refractivity contribution in [3.8, 4) is 0 Å². The predicted molar refractivity (Wildman–Crippen MR) is 76.5 cm³/mol. The van der Waals surface area contributed by atoms with Gasteiger partial charge in [0.25, 0.3) is 0 Å². The Hall–Kier alpha value is -1.40. The van der Waals surface area contributed by atoms with Crippen molar-refractivity contribution in [3.05, 3.63) is 29.8 Å². The van der Waals surface area contributed by atoms with Gasteiger partial charge in [-0.3, -0.25) is 4.79 Å². The number of hydrogen-bond acceptors (Lipinski definition) is 4. The summed E-state index contributed by atoms with van der Waals surface area (Å²) in [7, 11) is -3.69. The van der Waals surface area contributed by atoms with Gasteiger partial charge >= 0.3 is 5.97 Å². The predicted octanol–water partition coefficient (Wildman–Crippen LogP) is 2.52. The first-order chi connectivity index (χ1) is 9.34. The Bertz CT molecular complexity index is 537. The van der Waals surface area contributed by atoms with Gasteiger partial charge in [-0.2, -0.15) is 0 Å². The molecule has 0 saturated carbocycles. The number of nitrogens with two attached hydrogens (primary N) is 1. The van der Waals surface area contributed by atoms with Crippen molar-refractivity contribution in [2.45, 2.75) is 50.5 Å². The van der Waals surface area contributed by atoms with E-state index in [1.54, 1.807) is 19.1 Å². The average Bonchev–Trinajstić information content (AvgIpc) is 2.38.